The van der Waals surface area contributed by atoms with E-state index in [-0.39, 0.29) is 0 Å². The van der Waals surface area contributed by atoms with Gasteiger partial charge in [-0.2, -0.15) is 0 Å². The molecular weight excluding hydrogens is 344 g/mol. The highest BCUT2D eigenvalue weighted by atomic mass is 79.9. The zero-order valence-electron chi connectivity index (χ0n) is 10.3. The molecule has 17 heavy (non-hydrogen) atoms. The van der Waals surface area contributed by atoms with Gasteiger partial charge in [0.05, 0.1) is 4.47 Å². The molecule has 1 fully saturated rings. The van der Waals surface area contributed by atoms with E-state index >= 15 is 0 Å². The van der Waals surface area contributed by atoms with E-state index in [1.165, 1.54) is 19.3 Å². The third-order valence-electron chi connectivity index (χ3n) is 3.00. The number of aromatic nitrogens is 1. The van der Waals surface area contributed by atoms with Crippen LogP contribution in [0.3, 0.4) is 0 Å². The largest absolute Gasteiger partial charge is 0.353 e. The van der Waals surface area contributed by atoms with Gasteiger partial charge in [-0.05, 0) is 63.1 Å². The molecule has 1 heterocycles. The topological polar surface area (TPSA) is 16.1 Å². The van der Waals surface area contributed by atoms with Crippen molar-refractivity contribution in [3.63, 3.8) is 0 Å². The highest BCUT2D eigenvalue weighted by Gasteiger charge is 2.30. The van der Waals surface area contributed by atoms with Crippen LogP contribution in [0.5, 0.6) is 0 Å². The van der Waals surface area contributed by atoms with Crippen molar-refractivity contribution in [2.45, 2.75) is 39.2 Å². The second kappa shape index (κ2) is 5.70. The molecule has 0 aliphatic heterocycles. The summed E-state index contributed by atoms with van der Waals surface area (Å²) in [6, 6.07) is 2.78. The molecule has 0 atom stereocenters. The van der Waals surface area contributed by atoms with Gasteiger partial charge in [0.1, 0.15) is 5.82 Å². The Morgan fingerprint density at radius 1 is 1.41 bits per heavy atom. The number of hydrogen-bond donors (Lipinski definition) is 0. The van der Waals surface area contributed by atoms with Crippen molar-refractivity contribution >= 4 is 37.7 Å². The lowest BCUT2D eigenvalue weighted by atomic mass is 10.1. The van der Waals surface area contributed by atoms with Crippen LogP contribution in [0.2, 0.25) is 0 Å². The monoisotopic (exact) mass is 360 g/mol. The Balaban J connectivity index is 2.14. The van der Waals surface area contributed by atoms with Gasteiger partial charge in [-0.3, -0.25) is 0 Å². The van der Waals surface area contributed by atoms with E-state index in [2.05, 4.69) is 61.7 Å². The highest BCUT2D eigenvalue weighted by molar-refractivity contribution is 9.11. The summed E-state index contributed by atoms with van der Waals surface area (Å²) in [6.07, 6.45) is 5.72. The molecule has 0 bridgehead atoms. The zero-order chi connectivity index (χ0) is 12.4. The average Bonchev–Trinajstić information content (AvgIpc) is 3.04. The predicted octanol–water partition coefficient (Wildman–Crippen LogP) is 4.62. The first-order valence-corrected chi connectivity index (χ1v) is 7.74. The van der Waals surface area contributed by atoms with Gasteiger partial charge >= 0.3 is 0 Å². The molecule has 1 aliphatic carbocycles. The number of halogens is 2. The highest BCUT2D eigenvalue weighted by Crippen LogP contribution is 2.35. The summed E-state index contributed by atoms with van der Waals surface area (Å²) in [5.41, 5.74) is 0. The van der Waals surface area contributed by atoms with Crippen LogP contribution in [0.25, 0.3) is 0 Å². The van der Waals surface area contributed by atoms with Gasteiger partial charge in [-0.1, -0.05) is 13.8 Å². The van der Waals surface area contributed by atoms with Crippen molar-refractivity contribution in [2.75, 3.05) is 11.4 Å². The summed E-state index contributed by atoms with van der Waals surface area (Å²) >= 11 is 7.07. The summed E-state index contributed by atoms with van der Waals surface area (Å²) in [6.45, 7) is 5.65. The van der Waals surface area contributed by atoms with Gasteiger partial charge in [-0.25, -0.2) is 4.98 Å². The quantitative estimate of drug-likeness (QED) is 0.760. The Morgan fingerprint density at radius 3 is 2.65 bits per heavy atom. The van der Waals surface area contributed by atoms with Crippen LogP contribution in [-0.2, 0) is 0 Å². The van der Waals surface area contributed by atoms with Crippen LogP contribution in [0.4, 0.5) is 5.82 Å². The van der Waals surface area contributed by atoms with Crippen LogP contribution in [-0.4, -0.2) is 17.6 Å². The fourth-order valence-electron chi connectivity index (χ4n) is 1.86. The third kappa shape index (κ3) is 3.68. The average molecular weight is 362 g/mol. The molecule has 4 heteroatoms. The van der Waals surface area contributed by atoms with E-state index in [9.17, 15) is 0 Å². The molecule has 0 saturated heterocycles. The number of hydrogen-bond acceptors (Lipinski definition) is 2. The lowest BCUT2D eigenvalue weighted by molar-refractivity contribution is 0.568. The van der Waals surface area contributed by atoms with Crippen molar-refractivity contribution in [2.24, 2.45) is 5.92 Å². The molecule has 0 unspecified atom stereocenters. The summed E-state index contributed by atoms with van der Waals surface area (Å²) in [4.78, 5) is 7.00. The molecule has 1 aliphatic rings. The molecule has 2 rings (SSSR count). The van der Waals surface area contributed by atoms with Gasteiger partial charge in [0.25, 0.3) is 0 Å². The van der Waals surface area contributed by atoms with E-state index in [4.69, 9.17) is 0 Å². The minimum absolute atomic E-state index is 0.707. The Kier molecular flexibility index (Phi) is 4.47. The van der Waals surface area contributed by atoms with Crippen LogP contribution < -0.4 is 4.90 Å². The molecule has 2 nitrogen and oxygen atoms in total. The standard InChI is InChI=1S/C13H18Br2N2/c1-9(2)5-6-17(11-3-4-11)13-12(15)7-10(14)8-16-13/h7-9,11H,3-6H2,1-2H3. The van der Waals surface area contributed by atoms with Crippen LogP contribution in [0, 0.1) is 5.92 Å². The lowest BCUT2D eigenvalue weighted by Crippen LogP contribution is -2.28. The zero-order valence-corrected chi connectivity index (χ0v) is 13.5. The minimum Gasteiger partial charge on any atom is -0.353 e. The van der Waals surface area contributed by atoms with E-state index < -0.39 is 0 Å². The molecule has 0 amide bonds. The maximum absolute atomic E-state index is 4.55. The predicted molar refractivity (Wildman–Crippen MR) is 79.5 cm³/mol. The van der Waals surface area contributed by atoms with E-state index in [0.717, 1.165) is 27.2 Å². The van der Waals surface area contributed by atoms with Gasteiger partial charge in [0, 0.05) is 23.3 Å². The second-order valence-electron chi connectivity index (χ2n) is 5.07. The molecule has 0 radical (unpaired) electrons. The van der Waals surface area contributed by atoms with Crippen molar-refractivity contribution in [3.05, 3.63) is 21.2 Å². The first-order chi connectivity index (χ1) is 8.08. The van der Waals surface area contributed by atoms with Crippen molar-refractivity contribution in [1.82, 2.24) is 4.98 Å². The second-order valence-corrected chi connectivity index (χ2v) is 6.84. The molecule has 1 aromatic rings. The molecule has 0 aromatic carbocycles. The lowest BCUT2D eigenvalue weighted by Gasteiger charge is -2.25. The van der Waals surface area contributed by atoms with Gasteiger partial charge in [-0.15, -0.1) is 0 Å². The number of anilines is 1. The van der Waals surface area contributed by atoms with Gasteiger partial charge in [0.15, 0.2) is 0 Å². The number of rotatable bonds is 5. The first kappa shape index (κ1) is 13.3. The molecule has 1 saturated carbocycles. The third-order valence-corrected chi connectivity index (χ3v) is 4.01. The molecular formula is C13H18Br2N2. The van der Waals surface area contributed by atoms with Crippen LogP contribution in [0.15, 0.2) is 21.2 Å². The minimum atomic E-state index is 0.707. The number of pyridine rings is 1. The fraction of sp³-hybridized carbons (Fsp3) is 0.615. The van der Waals surface area contributed by atoms with Crippen LogP contribution in [0.1, 0.15) is 33.1 Å². The summed E-state index contributed by atoms with van der Waals surface area (Å²) in [5.74, 6) is 1.84. The fourth-order valence-corrected chi connectivity index (χ4v) is 3.08. The SMILES string of the molecule is CC(C)CCN(c1ncc(Br)cc1Br)C1CC1. The van der Waals surface area contributed by atoms with E-state index in [1.54, 1.807) is 0 Å². The first-order valence-electron chi connectivity index (χ1n) is 6.15. The van der Waals surface area contributed by atoms with Crippen LogP contribution >= 0.6 is 31.9 Å². The summed E-state index contributed by atoms with van der Waals surface area (Å²) < 4.78 is 2.11. The Hall–Kier alpha value is -0.0900. The Labute approximate surface area is 120 Å². The van der Waals surface area contributed by atoms with E-state index in [1.807, 2.05) is 6.20 Å². The van der Waals surface area contributed by atoms with E-state index in [0.29, 0.717) is 6.04 Å². The molecule has 0 N–H and O–H groups in total. The maximum Gasteiger partial charge on any atom is 0.143 e. The maximum atomic E-state index is 4.55. The number of nitrogens with zero attached hydrogens (tertiary/aromatic N) is 2. The summed E-state index contributed by atoms with van der Waals surface area (Å²) in [5, 5.41) is 0. The molecule has 0 spiro atoms. The Morgan fingerprint density at radius 2 is 2.12 bits per heavy atom. The van der Waals surface area contributed by atoms with Crippen molar-refractivity contribution in [1.29, 1.82) is 0 Å². The molecule has 94 valence electrons. The van der Waals surface area contributed by atoms with Crippen molar-refractivity contribution in [3.8, 4) is 0 Å². The Bertz CT molecular complexity index is 389. The van der Waals surface area contributed by atoms with Gasteiger partial charge in [0.2, 0.25) is 0 Å². The van der Waals surface area contributed by atoms with Crippen molar-refractivity contribution < 1.29 is 0 Å². The van der Waals surface area contributed by atoms with Gasteiger partial charge < -0.3 is 4.90 Å². The summed E-state index contributed by atoms with van der Waals surface area (Å²) in [7, 11) is 0. The smallest absolute Gasteiger partial charge is 0.143 e. The normalized spacial score (nSPS) is 15.4. The molecule has 1 aromatic heterocycles.